The van der Waals surface area contributed by atoms with E-state index in [0.29, 0.717) is 18.8 Å². The predicted octanol–water partition coefficient (Wildman–Crippen LogP) is 5.33. The van der Waals surface area contributed by atoms with Crippen molar-refractivity contribution in [1.82, 2.24) is 19.9 Å². The van der Waals surface area contributed by atoms with E-state index in [2.05, 4.69) is 47.9 Å². The molecule has 0 radical (unpaired) electrons. The maximum atomic E-state index is 13.3. The number of aromatic nitrogens is 3. The maximum absolute atomic E-state index is 13.3. The molecule has 0 aliphatic heterocycles. The SMILES string of the molecule is Cc1ccccc1CN(Cc1cccnc1)C(=O)CSc1ncnc2sc(C)c(C)c12. The second-order valence-corrected chi connectivity index (χ2v) is 9.64. The molecular weight excluding hydrogens is 424 g/mol. The van der Waals surface area contributed by atoms with Gasteiger partial charge in [-0.2, -0.15) is 0 Å². The van der Waals surface area contributed by atoms with E-state index in [4.69, 9.17) is 0 Å². The van der Waals surface area contributed by atoms with Gasteiger partial charge < -0.3 is 4.90 Å². The van der Waals surface area contributed by atoms with Crippen LogP contribution in [0.1, 0.15) is 27.1 Å². The van der Waals surface area contributed by atoms with Crippen molar-refractivity contribution >= 4 is 39.2 Å². The fourth-order valence-corrected chi connectivity index (χ4v) is 5.44. The highest BCUT2D eigenvalue weighted by Gasteiger charge is 2.18. The van der Waals surface area contributed by atoms with Crippen molar-refractivity contribution in [2.75, 3.05) is 5.75 Å². The second kappa shape index (κ2) is 9.58. The van der Waals surface area contributed by atoms with E-state index in [1.54, 1.807) is 23.9 Å². The van der Waals surface area contributed by atoms with Crippen LogP contribution in [0.15, 0.2) is 60.1 Å². The van der Waals surface area contributed by atoms with Crippen LogP contribution in [-0.4, -0.2) is 31.5 Å². The molecule has 4 aromatic rings. The highest BCUT2D eigenvalue weighted by Crippen LogP contribution is 2.34. The number of carbonyl (C=O) groups is 1. The second-order valence-electron chi connectivity index (χ2n) is 7.47. The smallest absolute Gasteiger partial charge is 0.233 e. The Bertz CT molecular complexity index is 1210. The van der Waals surface area contributed by atoms with Crippen LogP contribution < -0.4 is 0 Å². The van der Waals surface area contributed by atoms with Gasteiger partial charge in [-0.25, -0.2) is 9.97 Å². The van der Waals surface area contributed by atoms with Crippen molar-refractivity contribution in [3.63, 3.8) is 0 Å². The van der Waals surface area contributed by atoms with Gasteiger partial charge >= 0.3 is 0 Å². The number of thiophene rings is 1. The van der Waals surface area contributed by atoms with Gasteiger partial charge in [-0.3, -0.25) is 9.78 Å². The van der Waals surface area contributed by atoms with E-state index in [9.17, 15) is 4.79 Å². The van der Waals surface area contributed by atoms with Crippen LogP contribution in [0.25, 0.3) is 10.2 Å². The summed E-state index contributed by atoms with van der Waals surface area (Å²) in [6.45, 7) is 7.36. The van der Waals surface area contributed by atoms with E-state index >= 15 is 0 Å². The molecule has 1 amide bonds. The van der Waals surface area contributed by atoms with E-state index in [1.807, 2.05) is 35.4 Å². The topological polar surface area (TPSA) is 59.0 Å². The normalized spacial score (nSPS) is 11.1. The molecule has 0 spiro atoms. The van der Waals surface area contributed by atoms with Gasteiger partial charge in [0.05, 0.1) is 5.75 Å². The van der Waals surface area contributed by atoms with Gasteiger partial charge in [0.1, 0.15) is 16.2 Å². The number of pyridine rings is 1. The van der Waals surface area contributed by atoms with Gasteiger partial charge in [-0.1, -0.05) is 42.1 Å². The Morgan fingerprint density at radius 3 is 2.68 bits per heavy atom. The molecule has 0 aliphatic rings. The zero-order valence-corrected chi connectivity index (χ0v) is 19.5. The van der Waals surface area contributed by atoms with Gasteiger partial charge in [0, 0.05) is 35.7 Å². The molecule has 0 fully saturated rings. The molecule has 0 aliphatic carbocycles. The molecule has 0 saturated carbocycles. The standard InChI is InChI=1S/C24H24N4OS2/c1-16-7-4-5-9-20(16)13-28(12-19-8-6-10-25-11-19)21(29)14-30-23-22-17(2)18(3)31-24(22)27-15-26-23/h4-11,15H,12-14H2,1-3H3. The van der Waals surface area contributed by atoms with Crippen molar-refractivity contribution < 1.29 is 4.79 Å². The van der Waals surface area contributed by atoms with Gasteiger partial charge in [0.15, 0.2) is 0 Å². The number of hydrogen-bond acceptors (Lipinski definition) is 6. The lowest BCUT2D eigenvalue weighted by molar-refractivity contribution is -0.129. The van der Waals surface area contributed by atoms with Crippen LogP contribution in [0.4, 0.5) is 0 Å². The molecule has 7 heteroatoms. The zero-order valence-electron chi connectivity index (χ0n) is 17.8. The predicted molar refractivity (Wildman–Crippen MR) is 127 cm³/mol. The lowest BCUT2D eigenvalue weighted by Gasteiger charge is -2.23. The van der Waals surface area contributed by atoms with E-state index in [1.165, 1.54) is 27.8 Å². The first-order valence-electron chi connectivity index (χ1n) is 10.1. The lowest BCUT2D eigenvalue weighted by Crippen LogP contribution is -2.31. The molecule has 0 saturated heterocycles. The molecule has 3 heterocycles. The molecule has 158 valence electrons. The fraction of sp³-hybridized carbons (Fsp3) is 0.250. The molecule has 4 rings (SSSR count). The average Bonchev–Trinajstić information content (AvgIpc) is 3.08. The third-order valence-corrected chi connectivity index (χ3v) is 7.42. The summed E-state index contributed by atoms with van der Waals surface area (Å²) in [7, 11) is 0. The van der Waals surface area contributed by atoms with Crippen LogP contribution in [0, 0.1) is 20.8 Å². The first-order chi connectivity index (χ1) is 15.0. The van der Waals surface area contributed by atoms with Crippen molar-refractivity contribution in [3.8, 4) is 0 Å². The van der Waals surface area contributed by atoms with Crippen molar-refractivity contribution in [2.45, 2.75) is 38.9 Å². The third kappa shape index (κ3) is 4.94. The molecule has 0 atom stereocenters. The Morgan fingerprint density at radius 2 is 1.90 bits per heavy atom. The highest BCUT2D eigenvalue weighted by atomic mass is 32.2. The van der Waals surface area contributed by atoms with E-state index in [-0.39, 0.29) is 5.91 Å². The largest absolute Gasteiger partial charge is 0.333 e. The van der Waals surface area contributed by atoms with Gasteiger partial charge in [-0.15, -0.1) is 11.3 Å². The van der Waals surface area contributed by atoms with Crippen LogP contribution >= 0.6 is 23.1 Å². The summed E-state index contributed by atoms with van der Waals surface area (Å²) in [6.07, 6.45) is 5.15. The summed E-state index contributed by atoms with van der Waals surface area (Å²) < 4.78 is 0. The van der Waals surface area contributed by atoms with Crippen molar-refractivity contribution in [3.05, 3.63) is 82.3 Å². The van der Waals surface area contributed by atoms with Crippen LogP contribution in [0.3, 0.4) is 0 Å². The summed E-state index contributed by atoms with van der Waals surface area (Å²) >= 11 is 3.16. The Kier molecular flexibility index (Phi) is 6.63. The number of hydrogen-bond donors (Lipinski definition) is 0. The number of rotatable bonds is 7. The third-order valence-electron chi connectivity index (χ3n) is 5.33. The summed E-state index contributed by atoms with van der Waals surface area (Å²) in [4.78, 5) is 30.5. The van der Waals surface area contributed by atoms with E-state index < -0.39 is 0 Å². The summed E-state index contributed by atoms with van der Waals surface area (Å²) in [5.74, 6) is 0.403. The minimum Gasteiger partial charge on any atom is -0.333 e. The van der Waals surface area contributed by atoms with Crippen molar-refractivity contribution in [2.24, 2.45) is 0 Å². The fourth-order valence-electron chi connectivity index (χ4n) is 3.42. The Balaban J connectivity index is 1.55. The van der Waals surface area contributed by atoms with Crippen molar-refractivity contribution in [1.29, 1.82) is 0 Å². The van der Waals surface area contributed by atoms with Crippen LogP contribution in [-0.2, 0) is 17.9 Å². The molecular formula is C24H24N4OS2. The quantitative estimate of drug-likeness (QED) is 0.282. The summed E-state index contributed by atoms with van der Waals surface area (Å²) in [6, 6.07) is 12.1. The lowest BCUT2D eigenvalue weighted by atomic mass is 10.1. The number of fused-ring (bicyclic) bond motifs is 1. The average molecular weight is 449 g/mol. The van der Waals surface area contributed by atoms with Gasteiger partial charge in [0.2, 0.25) is 5.91 Å². The molecule has 0 bridgehead atoms. The molecule has 0 unspecified atom stereocenters. The molecule has 1 aromatic carbocycles. The summed E-state index contributed by atoms with van der Waals surface area (Å²) in [5.41, 5.74) is 4.55. The number of carbonyl (C=O) groups excluding carboxylic acids is 1. The monoisotopic (exact) mass is 448 g/mol. The zero-order chi connectivity index (χ0) is 21.8. The first-order valence-corrected chi connectivity index (χ1v) is 11.9. The molecule has 3 aromatic heterocycles. The molecule has 0 N–H and O–H groups in total. The van der Waals surface area contributed by atoms with Gasteiger partial charge in [-0.05, 0) is 49.1 Å². The number of nitrogens with zero attached hydrogens (tertiary/aromatic N) is 4. The first kappa shape index (κ1) is 21.5. The highest BCUT2D eigenvalue weighted by molar-refractivity contribution is 8.00. The summed E-state index contributed by atoms with van der Waals surface area (Å²) in [5, 5.41) is 1.94. The Labute approximate surface area is 190 Å². The van der Waals surface area contributed by atoms with Crippen LogP contribution in [0.2, 0.25) is 0 Å². The van der Waals surface area contributed by atoms with E-state index in [0.717, 1.165) is 26.4 Å². The maximum Gasteiger partial charge on any atom is 0.233 e. The minimum absolute atomic E-state index is 0.0773. The number of benzene rings is 1. The van der Waals surface area contributed by atoms with Gasteiger partial charge in [0.25, 0.3) is 0 Å². The molecule has 5 nitrogen and oxygen atoms in total. The Hall–Kier alpha value is -2.77. The van der Waals surface area contributed by atoms with Crippen LogP contribution in [0.5, 0.6) is 0 Å². The number of thioether (sulfide) groups is 1. The molecule has 31 heavy (non-hydrogen) atoms. The minimum atomic E-state index is 0.0773. The number of amides is 1. The Morgan fingerprint density at radius 1 is 1.06 bits per heavy atom. The number of aryl methyl sites for hydroxylation is 3.